The van der Waals surface area contributed by atoms with Crippen LogP contribution >= 0.6 is 11.3 Å². The molecule has 2 aromatic carbocycles. The molecule has 0 saturated heterocycles. The normalized spacial score (nSPS) is 10.6. The van der Waals surface area contributed by atoms with Crippen LogP contribution in [0.4, 0.5) is 0 Å². The quantitative estimate of drug-likeness (QED) is 0.744. The smallest absolute Gasteiger partial charge is 0.119 e. The highest BCUT2D eigenvalue weighted by Gasteiger charge is 2.04. The van der Waals surface area contributed by atoms with Crippen molar-refractivity contribution in [2.45, 2.75) is 13.2 Å². The number of ether oxygens (including phenoxy) is 1. The van der Waals surface area contributed by atoms with E-state index in [-0.39, 0.29) is 0 Å². The molecule has 0 spiro atoms. The van der Waals surface area contributed by atoms with E-state index >= 15 is 0 Å². The Morgan fingerprint density at radius 1 is 1.05 bits per heavy atom. The predicted molar refractivity (Wildman–Crippen MR) is 91.1 cm³/mol. The zero-order valence-electron chi connectivity index (χ0n) is 12.5. The summed E-state index contributed by atoms with van der Waals surface area (Å²) in [4.78, 5) is 4.61. The van der Waals surface area contributed by atoms with Crippen LogP contribution in [0.5, 0.6) is 5.75 Å². The second kappa shape index (κ2) is 7.20. The van der Waals surface area contributed by atoms with Crippen LogP contribution in [0.2, 0.25) is 0 Å². The summed E-state index contributed by atoms with van der Waals surface area (Å²) in [5, 5.41) is 6.31. The molecule has 112 valence electrons. The van der Waals surface area contributed by atoms with Crippen molar-refractivity contribution in [1.29, 1.82) is 0 Å². The SMILES string of the molecule is CNCc1nc(-c2ccc(OCc3ccccc3)cc2)cs1. The molecule has 4 heteroatoms. The number of nitrogens with one attached hydrogen (secondary N) is 1. The van der Waals surface area contributed by atoms with Crippen LogP contribution in [0.3, 0.4) is 0 Å². The predicted octanol–water partition coefficient (Wildman–Crippen LogP) is 4.11. The minimum Gasteiger partial charge on any atom is -0.489 e. The molecule has 0 unspecified atom stereocenters. The van der Waals surface area contributed by atoms with Crippen LogP contribution < -0.4 is 10.1 Å². The molecule has 0 bridgehead atoms. The maximum absolute atomic E-state index is 5.80. The third-order valence-corrected chi connectivity index (χ3v) is 4.13. The van der Waals surface area contributed by atoms with Crippen molar-refractivity contribution in [1.82, 2.24) is 10.3 Å². The summed E-state index contributed by atoms with van der Waals surface area (Å²) in [6.07, 6.45) is 0. The fraction of sp³-hybridized carbons (Fsp3) is 0.167. The third kappa shape index (κ3) is 3.72. The Morgan fingerprint density at radius 3 is 2.55 bits per heavy atom. The molecule has 3 rings (SSSR count). The summed E-state index contributed by atoms with van der Waals surface area (Å²) in [5.74, 6) is 0.873. The Labute approximate surface area is 134 Å². The topological polar surface area (TPSA) is 34.2 Å². The molecule has 1 heterocycles. The van der Waals surface area contributed by atoms with E-state index in [1.165, 1.54) is 5.56 Å². The Morgan fingerprint density at radius 2 is 1.82 bits per heavy atom. The van der Waals surface area contributed by atoms with Crippen molar-refractivity contribution in [2.24, 2.45) is 0 Å². The highest BCUT2D eigenvalue weighted by Crippen LogP contribution is 2.24. The van der Waals surface area contributed by atoms with E-state index in [0.717, 1.165) is 28.6 Å². The van der Waals surface area contributed by atoms with Gasteiger partial charge in [-0.15, -0.1) is 11.3 Å². The monoisotopic (exact) mass is 310 g/mol. The van der Waals surface area contributed by atoms with Crippen molar-refractivity contribution >= 4 is 11.3 Å². The highest BCUT2D eigenvalue weighted by atomic mass is 32.1. The summed E-state index contributed by atoms with van der Waals surface area (Å²) >= 11 is 1.68. The van der Waals surface area contributed by atoms with Gasteiger partial charge in [-0.1, -0.05) is 30.3 Å². The first-order valence-electron chi connectivity index (χ1n) is 7.21. The van der Waals surface area contributed by atoms with Gasteiger partial charge in [-0.05, 0) is 36.9 Å². The second-order valence-corrected chi connectivity index (χ2v) is 5.90. The molecule has 0 radical (unpaired) electrons. The van der Waals surface area contributed by atoms with Gasteiger partial charge < -0.3 is 10.1 Å². The van der Waals surface area contributed by atoms with Crippen LogP contribution in [-0.4, -0.2) is 12.0 Å². The molecule has 0 atom stereocenters. The summed E-state index contributed by atoms with van der Waals surface area (Å²) in [7, 11) is 1.93. The van der Waals surface area contributed by atoms with Crippen molar-refractivity contribution < 1.29 is 4.74 Å². The summed E-state index contributed by atoms with van der Waals surface area (Å²) in [6.45, 7) is 1.39. The van der Waals surface area contributed by atoms with Crippen molar-refractivity contribution in [3.05, 3.63) is 70.5 Å². The van der Waals surface area contributed by atoms with E-state index in [9.17, 15) is 0 Å². The minimum atomic E-state index is 0.587. The maximum Gasteiger partial charge on any atom is 0.119 e. The molecule has 3 aromatic rings. The van der Waals surface area contributed by atoms with Gasteiger partial charge in [0.1, 0.15) is 17.4 Å². The van der Waals surface area contributed by atoms with Crippen LogP contribution in [0.15, 0.2) is 60.0 Å². The van der Waals surface area contributed by atoms with Crippen LogP contribution in [-0.2, 0) is 13.2 Å². The fourth-order valence-electron chi connectivity index (χ4n) is 2.14. The summed E-state index contributed by atoms with van der Waals surface area (Å²) in [5.41, 5.74) is 3.30. The molecule has 0 amide bonds. The summed E-state index contributed by atoms with van der Waals surface area (Å²) in [6, 6.07) is 18.3. The first kappa shape index (κ1) is 14.8. The van der Waals surface area contributed by atoms with E-state index in [0.29, 0.717) is 6.61 Å². The number of hydrogen-bond donors (Lipinski definition) is 1. The van der Waals surface area contributed by atoms with Gasteiger partial charge in [0.05, 0.1) is 5.69 Å². The largest absolute Gasteiger partial charge is 0.489 e. The molecule has 0 aliphatic heterocycles. The lowest BCUT2D eigenvalue weighted by atomic mass is 10.2. The van der Waals surface area contributed by atoms with E-state index < -0.39 is 0 Å². The Balaban J connectivity index is 1.64. The van der Waals surface area contributed by atoms with Gasteiger partial charge in [0.2, 0.25) is 0 Å². The molecule has 3 nitrogen and oxygen atoms in total. The second-order valence-electron chi connectivity index (χ2n) is 4.96. The molecular formula is C18H18N2OS. The van der Waals surface area contributed by atoms with Crippen molar-refractivity contribution in [3.63, 3.8) is 0 Å². The van der Waals surface area contributed by atoms with Gasteiger partial charge in [-0.3, -0.25) is 0 Å². The Kier molecular flexibility index (Phi) is 4.83. The lowest BCUT2D eigenvalue weighted by molar-refractivity contribution is 0.306. The average Bonchev–Trinajstić information content (AvgIpc) is 3.03. The van der Waals surface area contributed by atoms with Crippen LogP contribution in [0.1, 0.15) is 10.6 Å². The number of hydrogen-bond acceptors (Lipinski definition) is 4. The maximum atomic E-state index is 5.80. The fourth-order valence-corrected chi connectivity index (χ4v) is 2.95. The number of aromatic nitrogens is 1. The van der Waals surface area contributed by atoms with Gasteiger partial charge >= 0.3 is 0 Å². The number of benzene rings is 2. The van der Waals surface area contributed by atoms with E-state index in [1.54, 1.807) is 11.3 Å². The van der Waals surface area contributed by atoms with E-state index in [1.807, 2.05) is 37.4 Å². The Bertz CT molecular complexity index is 707. The van der Waals surface area contributed by atoms with Gasteiger partial charge in [0, 0.05) is 17.5 Å². The van der Waals surface area contributed by atoms with Crippen LogP contribution in [0.25, 0.3) is 11.3 Å². The molecular weight excluding hydrogens is 292 g/mol. The average molecular weight is 310 g/mol. The number of thiazole rings is 1. The van der Waals surface area contributed by atoms with Crippen molar-refractivity contribution in [2.75, 3.05) is 7.05 Å². The highest BCUT2D eigenvalue weighted by molar-refractivity contribution is 7.09. The first-order chi connectivity index (χ1) is 10.8. The van der Waals surface area contributed by atoms with E-state index in [4.69, 9.17) is 4.74 Å². The van der Waals surface area contributed by atoms with Gasteiger partial charge in [-0.25, -0.2) is 4.98 Å². The molecule has 0 saturated carbocycles. The standard InChI is InChI=1S/C18H18N2OS/c1-19-11-18-20-17(13-22-18)15-7-9-16(10-8-15)21-12-14-5-3-2-4-6-14/h2-10,13,19H,11-12H2,1H3. The van der Waals surface area contributed by atoms with E-state index in [2.05, 4.69) is 39.9 Å². The minimum absolute atomic E-state index is 0.587. The zero-order chi connectivity index (χ0) is 15.2. The Hall–Kier alpha value is -2.17. The summed E-state index contributed by atoms with van der Waals surface area (Å²) < 4.78 is 5.80. The van der Waals surface area contributed by atoms with Crippen LogP contribution in [0, 0.1) is 0 Å². The lowest BCUT2D eigenvalue weighted by Crippen LogP contribution is -2.04. The molecule has 1 aromatic heterocycles. The van der Waals surface area contributed by atoms with Gasteiger partial charge in [0.15, 0.2) is 0 Å². The molecule has 0 aliphatic rings. The molecule has 0 fully saturated rings. The lowest BCUT2D eigenvalue weighted by Gasteiger charge is -2.06. The molecule has 1 N–H and O–H groups in total. The van der Waals surface area contributed by atoms with Crippen molar-refractivity contribution in [3.8, 4) is 17.0 Å². The zero-order valence-corrected chi connectivity index (χ0v) is 13.3. The number of nitrogens with zero attached hydrogens (tertiary/aromatic N) is 1. The third-order valence-electron chi connectivity index (χ3n) is 3.28. The molecule has 0 aliphatic carbocycles. The first-order valence-corrected chi connectivity index (χ1v) is 8.09. The van der Waals surface area contributed by atoms with Gasteiger partial charge in [0.25, 0.3) is 0 Å². The molecule has 22 heavy (non-hydrogen) atoms. The van der Waals surface area contributed by atoms with Gasteiger partial charge in [-0.2, -0.15) is 0 Å². The number of rotatable bonds is 6.